The first-order chi connectivity index (χ1) is 9.66. The van der Waals surface area contributed by atoms with Crippen molar-refractivity contribution < 1.29 is 24.2 Å². The van der Waals surface area contributed by atoms with Gasteiger partial charge < -0.3 is 0 Å². The molecule has 0 fully saturated rings. The molecule has 2 heterocycles. The first-order valence-electron chi connectivity index (χ1n) is 6.62. The second-order valence-corrected chi connectivity index (χ2v) is 9.45. The summed E-state index contributed by atoms with van der Waals surface area (Å²) in [5.41, 5.74) is 4.41. The maximum atomic E-state index is 3.57. The predicted molar refractivity (Wildman–Crippen MR) is 103 cm³/mol. The van der Waals surface area contributed by atoms with Crippen LogP contribution >= 0.6 is 47.9 Å². The van der Waals surface area contributed by atoms with E-state index in [2.05, 4.69) is 55.0 Å². The van der Waals surface area contributed by atoms with Crippen LogP contribution in [0.4, 0.5) is 0 Å². The van der Waals surface area contributed by atoms with E-state index in [0.29, 0.717) is 5.25 Å². The molecule has 3 aliphatic rings. The Morgan fingerprint density at radius 2 is 2.05 bits per heavy atom. The van der Waals surface area contributed by atoms with E-state index < -0.39 is 0 Å². The van der Waals surface area contributed by atoms with Gasteiger partial charge in [0, 0.05) is 0 Å². The maximum absolute atomic E-state index is 3.57. The molecule has 0 radical (unpaired) electrons. The molecule has 0 saturated heterocycles. The smallest absolute Gasteiger partial charge is 0.00887 e. The van der Waals surface area contributed by atoms with Crippen LogP contribution in [0.2, 0.25) is 0 Å². The van der Waals surface area contributed by atoms with Crippen LogP contribution in [0.15, 0.2) is 46.2 Å². The Hall–Kier alpha value is 0.343. The van der Waals surface area contributed by atoms with Gasteiger partial charge in [0.1, 0.15) is 0 Å². The number of thiophene rings is 1. The average molecular weight is 448 g/mol. The van der Waals surface area contributed by atoms with E-state index in [1.165, 1.54) is 29.7 Å². The van der Waals surface area contributed by atoms with E-state index in [0.717, 1.165) is 6.42 Å². The Morgan fingerprint density at radius 3 is 2.68 bits per heavy atom. The predicted octanol–water partition coefficient (Wildman–Crippen LogP) is 4.04. The SMILES string of the molecule is C[C](C)=[Zr].Cl.Cl.[C-]1=c2sccc2=C2C(C3=CC=CC3)=CSC12. The fourth-order valence-corrected chi connectivity index (χ4v) is 4.48. The second kappa shape index (κ2) is 8.99. The van der Waals surface area contributed by atoms with Crippen molar-refractivity contribution in [1.29, 1.82) is 0 Å². The molecule has 1 aromatic heterocycles. The molecule has 5 heteroatoms. The van der Waals surface area contributed by atoms with Gasteiger partial charge in [-0.2, -0.15) is 16.6 Å². The molecule has 0 N–H and O–H groups in total. The third kappa shape index (κ3) is 4.25. The number of thioether (sulfide) groups is 1. The standard InChI is InChI=1S/C14H9S2.C3H6.2ClH.Zr/c1-2-4-9(3-1)11-8-16-13-7-12-10(14(11)13)5-6-15-12;1-3-2;;;/h1-3,5-6,8,13H,4H2;1-2H3;2*1H;/q-1;;;;. The van der Waals surface area contributed by atoms with Gasteiger partial charge >= 0.3 is 41.3 Å². The molecule has 0 bridgehead atoms. The molecule has 0 amide bonds. The van der Waals surface area contributed by atoms with Crippen molar-refractivity contribution in [2.75, 3.05) is 0 Å². The maximum Gasteiger partial charge on any atom is -0.00887 e. The van der Waals surface area contributed by atoms with Crippen LogP contribution in [-0.2, 0) is 24.2 Å². The fraction of sp³-hybridized carbons (Fsp3) is 0.235. The zero-order chi connectivity index (χ0) is 14.1. The van der Waals surface area contributed by atoms with Crippen LogP contribution in [0.1, 0.15) is 20.3 Å². The van der Waals surface area contributed by atoms with Gasteiger partial charge in [-0.1, -0.05) is 18.2 Å². The molecule has 2 aliphatic carbocycles. The van der Waals surface area contributed by atoms with Gasteiger partial charge in [-0.25, -0.2) is 6.08 Å². The minimum Gasteiger partial charge on any atom is -0.240 e. The Bertz CT molecular complexity index is 765. The molecule has 4 rings (SSSR count). The quantitative estimate of drug-likeness (QED) is 0.586. The summed E-state index contributed by atoms with van der Waals surface area (Å²) in [6, 6.07) is 2.24. The third-order valence-corrected chi connectivity index (χ3v) is 5.05. The summed E-state index contributed by atoms with van der Waals surface area (Å²) in [4.78, 5) is 0. The molecule has 1 aromatic rings. The van der Waals surface area contributed by atoms with Crippen molar-refractivity contribution in [2.45, 2.75) is 25.5 Å². The summed E-state index contributed by atoms with van der Waals surface area (Å²) >= 11 is 5.26. The van der Waals surface area contributed by atoms with Crippen molar-refractivity contribution in [3.63, 3.8) is 0 Å². The first-order valence-corrected chi connectivity index (χ1v) is 9.67. The monoisotopic (exact) mass is 445 g/mol. The van der Waals surface area contributed by atoms with Crippen molar-refractivity contribution >= 4 is 62.8 Å². The Kier molecular flexibility index (Phi) is 8.33. The molecule has 0 spiro atoms. The Labute approximate surface area is 167 Å². The van der Waals surface area contributed by atoms with Gasteiger partial charge in [-0.3, -0.25) is 0 Å². The number of hydrogen-bond acceptors (Lipinski definition) is 2. The van der Waals surface area contributed by atoms with Gasteiger partial charge in [-0.05, 0) is 33.6 Å². The van der Waals surface area contributed by atoms with Crippen LogP contribution in [0.25, 0.3) is 11.6 Å². The number of halogens is 2. The second-order valence-electron chi connectivity index (χ2n) is 5.09. The summed E-state index contributed by atoms with van der Waals surface area (Å²) in [5, 5.41) is 6.35. The molecule has 0 aromatic carbocycles. The fourth-order valence-electron chi connectivity index (χ4n) is 2.45. The first kappa shape index (κ1) is 20.4. The third-order valence-electron chi connectivity index (χ3n) is 3.21. The van der Waals surface area contributed by atoms with Crippen molar-refractivity contribution in [1.82, 2.24) is 0 Å². The number of fused-ring (bicyclic) bond motifs is 2. The summed E-state index contributed by atoms with van der Waals surface area (Å²) in [5.74, 6) is 0. The molecular formula is C17H17Cl2S2Zr-. The van der Waals surface area contributed by atoms with Gasteiger partial charge in [0.2, 0.25) is 0 Å². The van der Waals surface area contributed by atoms with Crippen molar-refractivity contribution in [2.24, 2.45) is 0 Å². The average Bonchev–Trinajstić information content (AvgIpc) is 3.09. The van der Waals surface area contributed by atoms with E-state index >= 15 is 0 Å². The summed E-state index contributed by atoms with van der Waals surface area (Å²) in [6.45, 7) is 4.25. The molecular weight excluding hydrogens is 430 g/mol. The van der Waals surface area contributed by atoms with Crippen LogP contribution in [0.3, 0.4) is 0 Å². The van der Waals surface area contributed by atoms with Gasteiger partial charge in [0.15, 0.2) is 0 Å². The van der Waals surface area contributed by atoms with Crippen molar-refractivity contribution in [3.05, 3.63) is 56.0 Å². The van der Waals surface area contributed by atoms with Gasteiger partial charge in [0.05, 0.1) is 0 Å². The molecule has 1 unspecified atom stereocenters. The number of rotatable bonds is 1. The summed E-state index contributed by atoms with van der Waals surface area (Å²) < 4.78 is 2.84. The largest absolute Gasteiger partial charge is 0.240 e. The molecule has 0 saturated carbocycles. The van der Waals surface area contributed by atoms with Crippen LogP contribution in [0, 0.1) is 0 Å². The molecule has 116 valence electrons. The molecule has 0 nitrogen and oxygen atoms in total. The molecule has 1 atom stereocenters. The minimum absolute atomic E-state index is 0. The Balaban J connectivity index is 0.000000367. The van der Waals surface area contributed by atoms with Crippen LogP contribution in [0.5, 0.6) is 0 Å². The van der Waals surface area contributed by atoms with Crippen LogP contribution < -0.4 is 9.75 Å². The number of allylic oxidation sites excluding steroid dienone is 5. The van der Waals surface area contributed by atoms with Gasteiger partial charge in [0.25, 0.3) is 0 Å². The van der Waals surface area contributed by atoms with E-state index in [1.54, 1.807) is 35.6 Å². The van der Waals surface area contributed by atoms with Crippen molar-refractivity contribution in [3.8, 4) is 0 Å². The summed E-state index contributed by atoms with van der Waals surface area (Å²) in [7, 11) is 0. The van der Waals surface area contributed by atoms with E-state index in [-0.39, 0.29) is 24.8 Å². The zero-order valence-electron chi connectivity index (χ0n) is 12.4. The zero-order valence-corrected chi connectivity index (χ0v) is 18.1. The normalized spacial score (nSPS) is 19.5. The van der Waals surface area contributed by atoms with Gasteiger partial charge in [-0.15, -0.1) is 52.7 Å². The minimum atomic E-state index is 0. The van der Waals surface area contributed by atoms with Crippen LogP contribution in [-0.4, -0.2) is 8.46 Å². The van der Waals surface area contributed by atoms with E-state index in [9.17, 15) is 0 Å². The van der Waals surface area contributed by atoms with E-state index in [1.807, 2.05) is 11.8 Å². The topological polar surface area (TPSA) is 0 Å². The van der Waals surface area contributed by atoms with E-state index in [4.69, 9.17) is 0 Å². The molecule has 1 aliphatic heterocycles. The Morgan fingerprint density at radius 1 is 1.32 bits per heavy atom. The number of hydrogen-bond donors (Lipinski definition) is 0. The summed E-state index contributed by atoms with van der Waals surface area (Å²) in [6.07, 6.45) is 11.3. The molecule has 22 heavy (non-hydrogen) atoms.